The second-order valence-electron chi connectivity index (χ2n) is 17.6. The highest BCUT2D eigenvalue weighted by Crippen LogP contribution is 2.26. The predicted molar refractivity (Wildman–Crippen MR) is 270 cm³/mol. The van der Waals surface area contributed by atoms with Crippen LogP contribution in [0.4, 0.5) is 0 Å². The van der Waals surface area contributed by atoms with Gasteiger partial charge in [-0.05, 0) is 74.4 Å². The van der Waals surface area contributed by atoms with E-state index in [4.69, 9.17) is 11.5 Å². The maximum atomic E-state index is 14.5. The molecule has 2 heterocycles. The van der Waals surface area contributed by atoms with Gasteiger partial charge in [-0.2, -0.15) is 0 Å². The zero-order chi connectivity index (χ0) is 49.1. The molecule has 0 bridgehead atoms. The lowest BCUT2D eigenvalue weighted by molar-refractivity contribution is -0.143. The van der Waals surface area contributed by atoms with Gasteiger partial charge in [0.05, 0.1) is 17.9 Å². The summed E-state index contributed by atoms with van der Waals surface area (Å²) in [5, 5.41) is 5.82. The SMILES string of the molecule is CN(NC(=O)[C@H](CC(=O)c1ccccc1)Cc1c[nH]c2ccccc12)C(=O)C[C@@H](Cc1c[nH]c2ccccc12)C(=O)N[C@H](Cc1ccccc1)C(=O)C[C@@H](CCCCN)C(N)=O.Cc1ccccc1. The number of para-hydroxylation sites is 2. The van der Waals surface area contributed by atoms with Gasteiger partial charge >= 0.3 is 0 Å². The fourth-order valence-electron chi connectivity index (χ4n) is 8.46. The summed E-state index contributed by atoms with van der Waals surface area (Å²) in [7, 11) is 1.42. The van der Waals surface area contributed by atoms with E-state index in [-0.39, 0.29) is 50.1 Å². The molecule has 13 heteroatoms. The van der Waals surface area contributed by atoms with Crippen LogP contribution in [0.25, 0.3) is 21.8 Å². The fourth-order valence-corrected chi connectivity index (χ4v) is 8.46. The Labute approximate surface area is 403 Å². The van der Waals surface area contributed by atoms with Crippen molar-refractivity contribution in [3.63, 3.8) is 0 Å². The van der Waals surface area contributed by atoms with Crippen molar-refractivity contribution in [3.05, 3.63) is 180 Å². The van der Waals surface area contributed by atoms with Gasteiger partial charge in [-0.15, -0.1) is 0 Å². The van der Waals surface area contributed by atoms with Crippen LogP contribution in [0.15, 0.2) is 152 Å². The minimum atomic E-state index is -1.02. The van der Waals surface area contributed by atoms with Gasteiger partial charge < -0.3 is 26.8 Å². The molecule has 5 aromatic carbocycles. The maximum absolute atomic E-state index is 14.5. The molecule has 69 heavy (non-hydrogen) atoms. The maximum Gasteiger partial charge on any atom is 0.242 e. The fraction of sp³-hybridized carbons (Fsp3) is 0.286. The van der Waals surface area contributed by atoms with Gasteiger partial charge in [-0.1, -0.05) is 139 Å². The number of hydrazine groups is 1. The first-order chi connectivity index (χ1) is 33.4. The molecule has 7 rings (SSSR count). The van der Waals surface area contributed by atoms with E-state index in [1.165, 1.54) is 12.6 Å². The first-order valence-electron chi connectivity index (χ1n) is 23.5. The highest BCUT2D eigenvalue weighted by Gasteiger charge is 2.32. The standard InChI is InChI=1S/C49H55N7O6.C7H8/c1-56(55-49(62)35(28-44(57)33-16-6-3-7-17-33)25-37-30-52-41-21-10-8-19-39(37)41)46(59)29-36(26-38-31-53-42-22-11-9-20-40(38)42)48(61)54-43(24-32-14-4-2-5-15-32)45(58)27-34(47(51)60)18-12-13-23-50;1-7-5-3-2-4-6-7/h2-11,14-17,19-22,30-31,34-36,43,52-53H,12-13,18,23-29,50H2,1H3,(H2,51,60)(H,54,61)(H,55,62);2-6H,1H3/t34-,35+,36-,43-;/m1./s1. The molecule has 0 aliphatic rings. The van der Waals surface area contributed by atoms with Gasteiger partial charge in [0.1, 0.15) is 0 Å². The van der Waals surface area contributed by atoms with E-state index in [9.17, 15) is 28.8 Å². The third-order valence-corrected chi connectivity index (χ3v) is 12.4. The average Bonchev–Trinajstić information content (AvgIpc) is 3.97. The Bertz CT molecular complexity index is 2790. The molecular formula is C56H63N7O6. The topological polar surface area (TPSA) is 213 Å². The number of carbonyl (C=O) groups excluding carboxylic acids is 6. The number of nitrogens with one attached hydrogen (secondary N) is 4. The van der Waals surface area contributed by atoms with Crippen LogP contribution in [0.1, 0.15) is 71.1 Å². The van der Waals surface area contributed by atoms with Crippen LogP contribution in [0.2, 0.25) is 0 Å². The zero-order valence-electron chi connectivity index (χ0n) is 39.4. The van der Waals surface area contributed by atoms with Crippen molar-refractivity contribution in [1.82, 2.24) is 25.7 Å². The van der Waals surface area contributed by atoms with E-state index in [1.807, 2.05) is 109 Å². The number of rotatable bonds is 22. The summed E-state index contributed by atoms with van der Waals surface area (Å²) in [6.45, 7) is 2.53. The van der Waals surface area contributed by atoms with Gasteiger partial charge in [-0.3, -0.25) is 39.2 Å². The number of aromatic amines is 2. The molecule has 0 spiro atoms. The molecule has 0 saturated heterocycles. The molecule has 7 aromatic rings. The lowest BCUT2D eigenvalue weighted by Gasteiger charge is -2.26. The monoisotopic (exact) mass is 929 g/mol. The number of Topliss-reactive ketones (excluding diaryl/α,β-unsaturated/α-hetero) is 2. The highest BCUT2D eigenvalue weighted by molar-refractivity contribution is 5.99. The zero-order valence-corrected chi connectivity index (χ0v) is 39.4. The first-order valence-corrected chi connectivity index (χ1v) is 23.5. The third-order valence-electron chi connectivity index (χ3n) is 12.4. The Balaban J connectivity index is 0.00000102. The van der Waals surface area contributed by atoms with E-state index in [2.05, 4.69) is 39.8 Å². The largest absolute Gasteiger partial charge is 0.369 e. The van der Waals surface area contributed by atoms with E-state index >= 15 is 0 Å². The Morgan fingerprint density at radius 1 is 0.594 bits per heavy atom. The Kier molecular flexibility index (Phi) is 18.7. The molecule has 8 N–H and O–H groups in total. The van der Waals surface area contributed by atoms with E-state index < -0.39 is 47.4 Å². The van der Waals surface area contributed by atoms with Crippen LogP contribution < -0.4 is 22.2 Å². The second-order valence-corrected chi connectivity index (χ2v) is 17.6. The number of fused-ring (bicyclic) bond motifs is 2. The molecule has 0 aliphatic carbocycles. The molecule has 0 radical (unpaired) electrons. The molecule has 0 unspecified atom stereocenters. The van der Waals surface area contributed by atoms with Crippen molar-refractivity contribution in [2.24, 2.45) is 29.2 Å². The summed E-state index contributed by atoms with van der Waals surface area (Å²) in [6.07, 6.45) is 5.23. The number of aromatic nitrogens is 2. The second kappa shape index (κ2) is 25.5. The van der Waals surface area contributed by atoms with Crippen molar-refractivity contribution >= 4 is 57.0 Å². The Morgan fingerprint density at radius 3 is 1.65 bits per heavy atom. The smallest absolute Gasteiger partial charge is 0.242 e. The number of benzene rings is 5. The summed E-state index contributed by atoms with van der Waals surface area (Å²) in [5.41, 5.74) is 20.1. The van der Waals surface area contributed by atoms with E-state index in [0.29, 0.717) is 31.4 Å². The van der Waals surface area contributed by atoms with Crippen LogP contribution in [0.5, 0.6) is 0 Å². The van der Waals surface area contributed by atoms with Gasteiger partial charge in [0, 0.05) is 72.0 Å². The number of hydrogen-bond donors (Lipinski definition) is 6. The number of nitrogens with two attached hydrogens (primary N) is 2. The molecule has 0 aliphatic heterocycles. The number of unbranched alkanes of at least 4 members (excludes halogenated alkanes) is 1. The summed E-state index contributed by atoms with van der Waals surface area (Å²) in [5.74, 6) is -5.35. The van der Waals surface area contributed by atoms with Crippen molar-refractivity contribution in [1.29, 1.82) is 0 Å². The van der Waals surface area contributed by atoms with Crippen molar-refractivity contribution < 1.29 is 28.8 Å². The number of hydrogen-bond acceptors (Lipinski definition) is 7. The lowest BCUT2D eigenvalue weighted by Crippen LogP contribution is -2.49. The average molecular weight is 930 g/mol. The predicted octanol–water partition coefficient (Wildman–Crippen LogP) is 7.73. The summed E-state index contributed by atoms with van der Waals surface area (Å²) >= 11 is 0. The van der Waals surface area contributed by atoms with Crippen LogP contribution in [-0.4, -0.2) is 69.8 Å². The number of carbonyl (C=O) groups is 6. The van der Waals surface area contributed by atoms with Crippen LogP contribution >= 0.6 is 0 Å². The molecule has 13 nitrogen and oxygen atoms in total. The number of aryl methyl sites for hydroxylation is 1. The summed E-state index contributed by atoms with van der Waals surface area (Å²) in [4.78, 5) is 89.1. The summed E-state index contributed by atoms with van der Waals surface area (Å²) in [6, 6.07) is 42.5. The Morgan fingerprint density at radius 2 is 1.12 bits per heavy atom. The number of H-pyrrole nitrogens is 2. The van der Waals surface area contributed by atoms with Crippen LogP contribution in [0, 0.1) is 24.7 Å². The van der Waals surface area contributed by atoms with E-state index in [0.717, 1.165) is 43.5 Å². The van der Waals surface area contributed by atoms with Crippen LogP contribution in [0.3, 0.4) is 0 Å². The van der Waals surface area contributed by atoms with Gasteiger partial charge in [0.25, 0.3) is 0 Å². The van der Waals surface area contributed by atoms with Crippen molar-refractivity contribution in [2.45, 2.75) is 70.8 Å². The van der Waals surface area contributed by atoms with Gasteiger partial charge in [0.2, 0.25) is 23.6 Å². The third kappa shape index (κ3) is 14.9. The molecule has 358 valence electrons. The first kappa shape index (κ1) is 50.8. The van der Waals surface area contributed by atoms with Crippen molar-refractivity contribution in [2.75, 3.05) is 13.6 Å². The normalized spacial score (nSPS) is 12.7. The minimum Gasteiger partial charge on any atom is -0.369 e. The molecule has 4 amide bonds. The quantitative estimate of drug-likeness (QED) is 0.0226. The van der Waals surface area contributed by atoms with Gasteiger partial charge in [0.15, 0.2) is 11.6 Å². The number of ketones is 2. The molecule has 0 fully saturated rings. The molecular weight excluding hydrogens is 867 g/mol. The minimum absolute atomic E-state index is 0.108. The Hall–Kier alpha value is -7.64. The molecule has 0 saturated carbocycles. The number of amides is 4. The van der Waals surface area contributed by atoms with E-state index in [1.54, 1.807) is 30.5 Å². The summed E-state index contributed by atoms with van der Waals surface area (Å²) < 4.78 is 0. The van der Waals surface area contributed by atoms with Crippen LogP contribution in [-0.2, 0) is 43.2 Å². The highest BCUT2D eigenvalue weighted by atomic mass is 16.2. The lowest BCUT2D eigenvalue weighted by atomic mass is 9.89. The van der Waals surface area contributed by atoms with Crippen molar-refractivity contribution in [3.8, 4) is 0 Å². The van der Waals surface area contributed by atoms with Gasteiger partial charge in [-0.25, -0.2) is 0 Å². The molecule has 2 aromatic heterocycles. The molecule has 4 atom stereocenters. The number of primary amides is 1. The number of nitrogens with zero attached hydrogens (tertiary/aromatic N) is 1.